The molecule has 5 nitrogen and oxygen atoms in total. The van der Waals surface area contributed by atoms with E-state index in [2.05, 4.69) is 26.9 Å². The number of hydrogen-bond donors (Lipinski definition) is 1. The van der Waals surface area contributed by atoms with Crippen LogP contribution in [0.5, 0.6) is 0 Å². The minimum absolute atomic E-state index is 0.878. The molecule has 0 amide bonds. The van der Waals surface area contributed by atoms with Crippen LogP contribution in [0.15, 0.2) is 24.7 Å². The molecule has 1 N–H and O–H groups in total. The average molecular weight is 247 g/mol. The van der Waals surface area contributed by atoms with Crippen LogP contribution in [-0.2, 0) is 20.0 Å². The summed E-state index contributed by atoms with van der Waals surface area (Å²) in [6.45, 7) is 4.11. The molecule has 0 fully saturated rings. The average Bonchev–Trinajstić information content (AvgIpc) is 2.97. The van der Waals surface area contributed by atoms with E-state index in [-0.39, 0.29) is 0 Å². The van der Waals surface area contributed by atoms with Gasteiger partial charge >= 0.3 is 0 Å². The number of anilines is 1. The molecule has 0 unspecified atom stereocenters. The van der Waals surface area contributed by atoms with Crippen molar-refractivity contribution >= 4 is 5.95 Å². The van der Waals surface area contributed by atoms with E-state index in [0.717, 1.165) is 25.5 Å². The molecule has 0 bridgehead atoms. The first-order chi connectivity index (χ1) is 8.81. The summed E-state index contributed by atoms with van der Waals surface area (Å²) < 4.78 is 4.08. The van der Waals surface area contributed by atoms with Gasteiger partial charge in [0.05, 0.1) is 0 Å². The Bertz CT molecular complexity index is 471. The Morgan fingerprint density at radius 1 is 1.33 bits per heavy atom. The first kappa shape index (κ1) is 12.7. The first-order valence-corrected chi connectivity index (χ1v) is 6.53. The summed E-state index contributed by atoms with van der Waals surface area (Å²) in [6, 6.07) is 2.05. The summed E-state index contributed by atoms with van der Waals surface area (Å²) in [5.41, 5.74) is 1.23. The van der Waals surface area contributed by atoms with Crippen LogP contribution in [0.4, 0.5) is 5.95 Å². The van der Waals surface area contributed by atoms with Crippen LogP contribution in [0, 0.1) is 0 Å². The third kappa shape index (κ3) is 3.12. The highest BCUT2D eigenvalue weighted by Gasteiger charge is 2.02. The van der Waals surface area contributed by atoms with E-state index in [1.807, 2.05) is 36.4 Å². The van der Waals surface area contributed by atoms with Crippen LogP contribution in [-0.4, -0.2) is 25.9 Å². The number of nitrogens with one attached hydrogen (secondary N) is 1. The Balaban J connectivity index is 1.83. The van der Waals surface area contributed by atoms with E-state index in [1.54, 1.807) is 0 Å². The van der Waals surface area contributed by atoms with Crippen molar-refractivity contribution in [3.8, 4) is 0 Å². The molecule has 0 saturated carbocycles. The molecule has 98 valence electrons. The second-order valence-electron chi connectivity index (χ2n) is 4.42. The zero-order valence-corrected chi connectivity index (χ0v) is 11.1. The van der Waals surface area contributed by atoms with Gasteiger partial charge < -0.3 is 9.88 Å². The van der Waals surface area contributed by atoms with E-state index in [9.17, 15) is 0 Å². The van der Waals surface area contributed by atoms with Crippen LogP contribution < -0.4 is 5.32 Å². The van der Waals surface area contributed by atoms with E-state index in [1.165, 1.54) is 18.5 Å². The standard InChI is InChI=1S/C13H21N5/c1-3-4-10-18-11-9-15-13(18)14-7-5-12-6-8-16-17(12)2/h6,8-9,11H,3-5,7,10H2,1-2H3,(H,14,15). The fourth-order valence-corrected chi connectivity index (χ4v) is 1.93. The molecule has 2 heterocycles. The zero-order valence-electron chi connectivity index (χ0n) is 11.1. The maximum atomic E-state index is 4.34. The lowest BCUT2D eigenvalue weighted by Crippen LogP contribution is -2.12. The molecule has 18 heavy (non-hydrogen) atoms. The normalized spacial score (nSPS) is 10.8. The Morgan fingerprint density at radius 3 is 2.94 bits per heavy atom. The van der Waals surface area contributed by atoms with Gasteiger partial charge in [0.25, 0.3) is 0 Å². The summed E-state index contributed by atoms with van der Waals surface area (Å²) in [5.74, 6) is 0.964. The van der Waals surface area contributed by atoms with Gasteiger partial charge in [-0.1, -0.05) is 13.3 Å². The Hall–Kier alpha value is -1.78. The molecule has 2 aromatic rings. The van der Waals surface area contributed by atoms with Crippen LogP contribution in [0.25, 0.3) is 0 Å². The van der Waals surface area contributed by atoms with Gasteiger partial charge in [0.15, 0.2) is 0 Å². The van der Waals surface area contributed by atoms with Crippen LogP contribution in [0.1, 0.15) is 25.5 Å². The molecule has 0 aromatic carbocycles. The quantitative estimate of drug-likeness (QED) is 0.814. The summed E-state index contributed by atoms with van der Waals surface area (Å²) in [7, 11) is 1.97. The molecule has 2 rings (SSSR count). The molecule has 5 heteroatoms. The highest BCUT2D eigenvalue weighted by Crippen LogP contribution is 2.07. The fraction of sp³-hybridized carbons (Fsp3) is 0.538. The summed E-state index contributed by atoms with van der Waals surface area (Å²) in [5, 5.41) is 7.54. The van der Waals surface area contributed by atoms with Crippen molar-refractivity contribution in [2.45, 2.75) is 32.7 Å². The van der Waals surface area contributed by atoms with E-state index in [4.69, 9.17) is 0 Å². The number of aryl methyl sites for hydroxylation is 2. The molecule has 0 aliphatic carbocycles. The van der Waals surface area contributed by atoms with Crippen molar-refractivity contribution in [2.75, 3.05) is 11.9 Å². The Labute approximate surface area is 108 Å². The highest BCUT2D eigenvalue weighted by molar-refractivity contribution is 5.26. The van der Waals surface area contributed by atoms with Crippen LogP contribution >= 0.6 is 0 Å². The lowest BCUT2D eigenvalue weighted by molar-refractivity contribution is 0.634. The predicted molar refractivity (Wildman–Crippen MR) is 72.5 cm³/mol. The summed E-state index contributed by atoms with van der Waals surface area (Å²) in [6.07, 6.45) is 9.05. The number of nitrogens with zero attached hydrogens (tertiary/aromatic N) is 4. The van der Waals surface area contributed by atoms with E-state index >= 15 is 0 Å². The molecule has 0 radical (unpaired) electrons. The number of aromatic nitrogens is 4. The van der Waals surface area contributed by atoms with Crippen molar-refractivity contribution in [1.82, 2.24) is 19.3 Å². The second kappa shape index (κ2) is 6.23. The lowest BCUT2D eigenvalue weighted by Gasteiger charge is -2.09. The van der Waals surface area contributed by atoms with Crippen molar-refractivity contribution in [3.63, 3.8) is 0 Å². The summed E-state index contributed by atoms with van der Waals surface area (Å²) >= 11 is 0. The van der Waals surface area contributed by atoms with Crippen molar-refractivity contribution < 1.29 is 0 Å². The monoisotopic (exact) mass is 247 g/mol. The van der Waals surface area contributed by atoms with E-state index in [0.29, 0.717) is 0 Å². The highest BCUT2D eigenvalue weighted by atomic mass is 15.3. The fourth-order valence-electron chi connectivity index (χ4n) is 1.93. The minimum Gasteiger partial charge on any atom is -0.355 e. The van der Waals surface area contributed by atoms with Crippen LogP contribution in [0.2, 0.25) is 0 Å². The number of unbranched alkanes of at least 4 members (excludes halogenated alkanes) is 1. The molecule has 0 saturated heterocycles. The van der Waals surface area contributed by atoms with Crippen molar-refractivity contribution in [3.05, 3.63) is 30.4 Å². The topological polar surface area (TPSA) is 47.7 Å². The van der Waals surface area contributed by atoms with Gasteiger partial charge in [0.1, 0.15) is 0 Å². The van der Waals surface area contributed by atoms with Gasteiger partial charge in [0.2, 0.25) is 5.95 Å². The maximum absolute atomic E-state index is 4.34. The third-order valence-corrected chi connectivity index (χ3v) is 3.05. The SMILES string of the molecule is CCCCn1ccnc1NCCc1ccnn1C. The zero-order chi connectivity index (χ0) is 12.8. The smallest absolute Gasteiger partial charge is 0.202 e. The maximum Gasteiger partial charge on any atom is 0.202 e. The van der Waals surface area contributed by atoms with Crippen molar-refractivity contribution in [1.29, 1.82) is 0 Å². The Kier molecular flexibility index (Phi) is 4.39. The summed E-state index contributed by atoms with van der Waals surface area (Å²) in [4.78, 5) is 4.34. The molecule has 0 aliphatic rings. The van der Waals surface area contributed by atoms with E-state index < -0.39 is 0 Å². The van der Waals surface area contributed by atoms with Gasteiger partial charge in [-0.2, -0.15) is 5.10 Å². The third-order valence-electron chi connectivity index (χ3n) is 3.05. The van der Waals surface area contributed by atoms with Gasteiger partial charge in [0, 0.05) is 50.8 Å². The first-order valence-electron chi connectivity index (χ1n) is 6.53. The number of hydrogen-bond acceptors (Lipinski definition) is 3. The molecule has 0 aliphatic heterocycles. The number of rotatable bonds is 7. The Morgan fingerprint density at radius 2 is 2.22 bits per heavy atom. The predicted octanol–water partition coefficient (Wildman–Crippen LogP) is 2.07. The van der Waals surface area contributed by atoms with Gasteiger partial charge in [-0.05, 0) is 12.5 Å². The molecule has 0 spiro atoms. The molecule has 0 atom stereocenters. The van der Waals surface area contributed by atoms with Crippen LogP contribution in [0.3, 0.4) is 0 Å². The van der Waals surface area contributed by atoms with Gasteiger partial charge in [-0.15, -0.1) is 0 Å². The number of imidazole rings is 1. The minimum atomic E-state index is 0.878. The van der Waals surface area contributed by atoms with Gasteiger partial charge in [-0.3, -0.25) is 4.68 Å². The van der Waals surface area contributed by atoms with Gasteiger partial charge in [-0.25, -0.2) is 4.98 Å². The lowest BCUT2D eigenvalue weighted by atomic mass is 10.3. The van der Waals surface area contributed by atoms with Crippen molar-refractivity contribution in [2.24, 2.45) is 7.05 Å². The molecular weight excluding hydrogens is 226 g/mol. The molecular formula is C13H21N5. The molecule has 2 aromatic heterocycles. The largest absolute Gasteiger partial charge is 0.355 e. The second-order valence-corrected chi connectivity index (χ2v) is 4.42.